The Morgan fingerprint density at radius 3 is 0.916 bits per heavy atom. The molecule has 3 N–H and O–H groups in total. The third-order valence-corrected chi connectivity index (χ3v) is 17.0. The number of carbonyl (C=O) groups excluding carboxylic acids is 4. The van der Waals surface area contributed by atoms with Crippen LogP contribution in [0, 0.1) is 11.8 Å². The number of unbranched alkanes of at least 4 members (excludes halogenated alkanes) is 32. The summed E-state index contributed by atoms with van der Waals surface area (Å²) in [4.78, 5) is 72.0. The average molecular weight is 1230 g/mol. The second-order valence-corrected chi connectivity index (χ2v) is 26.8. The molecule has 6 atom stereocenters. The largest absolute Gasteiger partial charge is 0.472 e. The lowest BCUT2D eigenvalue weighted by atomic mass is 10.00. The number of hydrogen-bond donors (Lipinski definition) is 3. The number of phosphoric acid groups is 2. The van der Waals surface area contributed by atoms with E-state index in [-0.39, 0.29) is 25.7 Å². The molecule has 0 aliphatic rings. The number of aliphatic hydroxyl groups is 1. The van der Waals surface area contributed by atoms with Gasteiger partial charge in [0.25, 0.3) is 0 Å². The Kier molecular flexibility index (Phi) is 55.2. The van der Waals surface area contributed by atoms with Crippen LogP contribution in [0.2, 0.25) is 0 Å². The lowest BCUT2D eigenvalue weighted by molar-refractivity contribution is -0.161. The number of hydrogen-bond acceptors (Lipinski definition) is 15. The van der Waals surface area contributed by atoms with E-state index in [1.165, 1.54) is 109 Å². The van der Waals surface area contributed by atoms with Crippen LogP contribution in [0.15, 0.2) is 0 Å². The second kappa shape index (κ2) is 56.6. The van der Waals surface area contributed by atoms with Gasteiger partial charge in [-0.15, -0.1) is 0 Å². The minimum absolute atomic E-state index is 0.104. The van der Waals surface area contributed by atoms with Crippen molar-refractivity contribution in [3.05, 3.63) is 0 Å². The van der Waals surface area contributed by atoms with Crippen molar-refractivity contribution in [3.63, 3.8) is 0 Å². The van der Waals surface area contributed by atoms with Crippen molar-refractivity contribution in [1.82, 2.24) is 0 Å². The molecule has 0 rings (SSSR count). The highest BCUT2D eigenvalue weighted by molar-refractivity contribution is 7.47. The molecule has 83 heavy (non-hydrogen) atoms. The van der Waals surface area contributed by atoms with Gasteiger partial charge in [-0.2, -0.15) is 0 Å². The molecule has 0 saturated carbocycles. The van der Waals surface area contributed by atoms with Crippen LogP contribution in [0.5, 0.6) is 0 Å². The molecule has 0 aromatic carbocycles. The van der Waals surface area contributed by atoms with Crippen molar-refractivity contribution in [2.24, 2.45) is 11.8 Å². The van der Waals surface area contributed by atoms with E-state index in [2.05, 4.69) is 41.5 Å². The average Bonchev–Trinajstić information content (AvgIpc) is 3.47. The quantitative estimate of drug-likeness (QED) is 0.0222. The van der Waals surface area contributed by atoms with Gasteiger partial charge < -0.3 is 33.8 Å². The first-order valence-electron chi connectivity index (χ1n) is 33.5. The molecular formula is C64H124O17P2. The first-order chi connectivity index (χ1) is 39.9. The minimum Gasteiger partial charge on any atom is -0.462 e. The molecule has 19 heteroatoms. The highest BCUT2D eigenvalue weighted by Crippen LogP contribution is 2.45. The van der Waals surface area contributed by atoms with E-state index in [1.807, 2.05) is 0 Å². The Morgan fingerprint density at radius 2 is 0.614 bits per heavy atom. The summed E-state index contributed by atoms with van der Waals surface area (Å²) in [6, 6.07) is 0. The summed E-state index contributed by atoms with van der Waals surface area (Å²) in [6.07, 6.45) is 39.2. The topological polar surface area (TPSA) is 237 Å². The number of aliphatic hydroxyl groups excluding tert-OH is 1. The zero-order valence-electron chi connectivity index (χ0n) is 53.5. The maximum atomic E-state index is 13.0. The van der Waals surface area contributed by atoms with Crippen molar-refractivity contribution in [1.29, 1.82) is 0 Å². The van der Waals surface area contributed by atoms with E-state index in [1.54, 1.807) is 0 Å². The fraction of sp³-hybridized carbons (Fsp3) is 0.938. The Labute approximate surface area is 505 Å². The maximum Gasteiger partial charge on any atom is 0.472 e. The molecule has 17 nitrogen and oxygen atoms in total. The van der Waals surface area contributed by atoms with Gasteiger partial charge in [-0.3, -0.25) is 37.3 Å². The van der Waals surface area contributed by atoms with E-state index >= 15 is 0 Å². The summed E-state index contributed by atoms with van der Waals surface area (Å²) in [6.45, 7) is 9.41. The molecule has 0 radical (unpaired) electrons. The van der Waals surface area contributed by atoms with Crippen LogP contribution in [-0.2, 0) is 65.4 Å². The molecule has 0 aromatic rings. The van der Waals surface area contributed by atoms with E-state index in [0.29, 0.717) is 25.7 Å². The zero-order valence-corrected chi connectivity index (χ0v) is 55.3. The third kappa shape index (κ3) is 57.6. The van der Waals surface area contributed by atoms with Crippen LogP contribution in [0.3, 0.4) is 0 Å². The summed E-state index contributed by atoms with van der Waals surface area (Å²) < 4.78 is 67.8. The predicted octanol–water partition coefficient (Wildman–Crippen LogP) is 17.7. The summed E-state index contributed by atoms with van der Waals surface area (Å²) in [5.41, 5.74) is 0. The van der Waals surface area contributed by atoms with Crippen LogP contribution in [0.1, 0.15) is 318 Å². The molecule has 0 spiro atoms. The number of carbonyl (C=O) groups is 4. The summed E-state index contributed by atoms with van der Waals surface area (Å²) in [5.74, 6) is -0.608. The van der Waals surface area contributed by atoms with Crippen LogP contribution in [-0.4, -0.2) is 96.7 Å². The number of esters is 4. The zero-order chi connectivity index (χ0) is 61.5. The monoisotopic (exact) mass is 1230 g/mol. The molecule has 0 aromatic heterocycles. The SMILES string of the molecule is CCCCCCCCCCC(=O)O[C@H](COC(=O)CCCCCCCCC)COP(=O)(O)OC[C@H](O)COP(=O)(O)OC[C@@H](COC(=O)CCCCCCCCC(C)CC)OC(=O)CCCCCCCCCCCCCCCCCC(C)C. The molecule has 0 aliphatic carbocycles. The van der Waals surface area contributed by atoms with Crippen LogP contribution in [0.4, 0.5) is 0 Å². The molecular weight excluding hydrogens is 1100 g/mol. The lowest BCUT2D eigenvalue weighted by Crippen LogP contribution is -2.30. The van der Waals surface area contributed by atoms with Crippen LogP contribution < -0.4 is 0 Å². The number of rotatable bonds is 63. The van der Waals surface area contributed by atoms with Crippen molar-refractivity contribution in [2.75, 3.05) is 39.6 Å². The Morgan fingerprint density at radius 1 is 0.349 bits per heavy atom. The van der Waals surface area contributed by atoms with Crippen LogP contribution in [0.25, 0.3) is 0 Å². The summed E-state index contributed by atoms with van der Waals surface area (Å²) >= 11 is 0. The van der Waals surface area contributed by atoms with Crippen molar-refractivity contribution >= 4 is 39.5 Å². The number of phosphoric ester groups is 2. The first-order valence-corrected chi connectivity index (χ1v) is 36.5. The smallest absolute Gasteiger partial charge is 0.462 e. The fourth-order valence-corrected chi connectivity index (χ4v) is 11.1. The third-order valence-electron chi connectivity index (χ3n) is 15.1. The van der Waals surface area contributed by atoms with Gasteiger partial charge in [-0.25, -0.2) is 9.13 Å². The maximum absolute atomic E-state index is 13.0. The fourth-order valence-electron chi connectivity index (χ4n) is 9.50. The number of ether oxygens (including phenoxy) is 4. The molecule has 0 fully saturated rings. The van der Waals surface area contributed by atoms with Crippen molar-refractivity contribution in [3.8, 4) is 0 Å². The predicted molar refractivity (Wildman–Crippen MR) is 331 cm³/mol. The lowest BCUT2D eigenvalue weighted by Gasteiger charge is -2.21. The standard InChI is InChI=1S/C64H124O17P2/c1-7-10-12-14-16-28-36-42-48-63(68)80-59(52-74-61(66)46-40-34-26-15-13-11-8-2)54-78-82(70,71)76-50-58(65)51-77-83(72,73)79-55-60(53-75-62(67)47-41-35-31-30-33-39-45-57(6)9-3)81-64(69)49-43-37-29-25-23-21-19-17-18-20-22-24-27-32-38-44-56(4)5/h56-60,65H,7-55H2,1-6H3,(H,70,71)(H,72,73)/t57?,58-,59+,60+/m0/s1. The molecule has 0 aliphatic heterocycles. The highest BCUT2D eigenvalue weighted by Gasteiger charge is 2.30. The van der Waals surface area contributed by atoms with Gasteiger partial charge in [0.1, 0.15) is 19.3 Å². The molecule has 492 valence electrons. The van der Waals surface area contributed by atoms with Gasteiger partial charge >= 0.3 is 39.5 Å². The molecule has 0 saturated heterocycles. The molecule has 0 bridgehead atoms. The van der Waals surface area contributed by atoms with E-state index < -0.39 is 97.5 Å². The van der Waals surface area contributed by atoms with Gasteiger partial charge in [-0.05, 0) is 37.5 Å². The normalized spacial score (nSPS) is 14.6. The highest BCUT2D eigenvalue weighted by atomic mass is 31.2. The van der Waals surface area contributed by atoms with Crippen molar-refractivity contribution in [2.45, 2.75) is 336 Å². The van der Waals surface area contributed by atoms with Gasteiger partial charge in [-0.1, -0.05) is 266 Å². The second-order valence-electron chi connectivity index (χ2n) is 23.9. The van der Waals surface area contributed by atoms with Gasteiger partial charge in [0.15, 0.2) is 12.2 Å². The Bertz CT molecular complexity index is 1630. The molecule has 3 unspecified atom stereocenters. The van der Waals surface area contributed by atoms with Crippen molar-refractivity contribution < 1.29 is 80.2 Å². The van der Waals surface area contributed by atoms with Gasteiger partial charge in [0, 0.05) is 25.7 Å². The molecule has 0 heterocycles. The van der Waals surface area contributed by atoms with E-state index in [4.69, 9.17) is 37.0 Å². The Hall–Kier alpha value is -1.94. The van der Waals surface area contributed by atoms with Crippen LogP contribution >= 0.6 is 15.6 Å². The minimum atomic E-state index is -4.94. The summed E-state index contributed by atoms with van der Waals surface area (Å²) in [7, 11) is -9.88. The van der Waals surface area contributed by atoms with E-state index in [0.717, 1.165) is 127 Å². The summed E-state index contributed by atoms with van der Waals surface area (Å²) in [5, 5.41) is 10.5. The Balaban J connectivity index is 5.15. The molecule has 0 amide bonds. The van der Waals surface area contributed by atoms with E-state index in [9.17, 15) is 43.2 Å². The first kappa shape index (κ1) is 81.1. The van der Waals surface area contributed by atoms with Gasteiger partial charge in [0.2, 0.25) is 0 Å². The van der Waals surface area contributed by atoms with Gasteiger partial charge in [0.05, 0.1) is 26.4 Å².